The van der Waals surface area contributed by atoms with E-state index in [0.29, 0.717) is 34.9 Å². The van der Waals surface area contributed by atoms with E-state index in [1.54, 1.807) is 24.3 Å². The summed E-state index contributed by atoms with van der Waals surface area (Å²) in [6.07, 6.45) is -0.482. The van der Waals surface area contributed by atoms with Gasteiger partial charge in [-0.2, -0.15) is 0 Å². The Morgan fingerprint density at radius 3 is 2.76 bits per heavy atom. The SMILES string of the molecule is CCOc1ccc(NC(=O)CSc2nnc([C@H]3COc4ccccc4O3)o2)cc1. The third-order valence-corrected chi connectivity index (χ3v) is 4.80. The molecule has 1 aliphatic heterocycles. The lowest BCUT2D eigenvalue weighted by atomic mass is 10.2. The number of anilines is 1. The average molecular weight is 413 g/mol. The maximum Gasteiger partial charge on any atom is 0.277 e. The first-order valence-corrected chi connectivity index (χ1v) is 10.1. The van der Waals surface area contributed by atoms with Crippen molar-refractivity contribution in [2.45, 2.75) is 18.3 Å². The number of carbonyl (C=O) groups excluding carboxylic acids is 1. The van der Waals surface area contributed by atoms with Crippen LogP contribution in [0.2, 0.25) is 0 Å². The number of hydrogen-bond acceptors (Lipinski definition) is 8. The summed E-state index contributed by atoms with van der Waals surface area (Å²) >= 11 is 1.16. The van der Waals surface area contributed by atoms with Gasteiger partial charge in [0.05, 0.1) is 12.4 Å². The van der Waals surface area contributed by atoms with Crippen molar-refractivity contribution in [2.75, 3.05) is 24.3 Å². The molecule has 150 valence electrons. The molecule has 29 heavy (non-hydrogen) atoms. The molecule has 9 heteroatoms. The Hall–Kier alpha value is -3.20. The number of aromatic nitrogens is 2. The molecule has 2 heterocycles. The van der Waals surface area contributed by atoms with Gasteiger partial charge in [-0.25, -0.2) is 0 Å². The number of amides is 1. The van der Waals surface area contributed by atoms with E-state index in [1.807, 2.05) is 31.2 Å². The minimum absolute atomic E-state index is 0.139. The Labute approximate surface area is 171 Å². The number of nitrogens with one attached hydrogen (secondary N) is 1. The molecule has 1 aromatic heterocycles. The summed E-state index contributed by atoms with van der Waals surface area (Å²) in [7, 11) is 0. The van der Waals surface area contributed by atoms with E-state index >= 15 is 0 Å². The number of rotatable bonds is 7. The van der Waals surface area contributed by atoms with E-state index in [4.69, 9.17) is 18.6 Å². The standard InChI is InChI=1S/C20H19N3O5S/c1-2-25-14-9-7-13(8-10-14)21-18(24)12-29-20-23-22-19(28-20)17-11-26-15-5-3-4-6-16(15)27-17/h3-10,17H,2,11-12H2,1H3,(H,21,24)/t17-/m1/s1. The van der Waals surface area contributed by atoms with E-state index in [1.165, 1.54) is 0 Å². The fourth-order valence-corrected chi connectivity index (χ4v) is 3.25. The van der Waals surface area contributed by atoms with E-state index in [0.717, 1.165) is 17.5 Å². The molecule has 1 atom stereocenters. The molecule has 1 N–H and O–H groups in total. The molecule has 2 aromatic carbocycles. The lowest BCUT2D eigenvalue weighted by Crippen LogP contribution is -2.21. The highest BCUT2D eigenvalue weighted by Crippen LogP contribution is 2.35. The van der Waals surface area contributed by atoms with Crippen LogP contribution in [0, 0.1) is 0 Å². The summed E-state index contributed by atoms with van der Waals surface area (Å²) in [6.45, 7) is 2.79. The third kappa shape index (κ3) is 4.80. The molecule has 0 radical (unpaired) electrons. The van der Waals surface area contributed by atoms with Crippen molar-refractivity contribution in [1.82, 2.24) is 10.2 Å². The van der Waals surface area contributed by atoms with E-state index in [2.05, 4.69) is 15.5 Å². The van der Waals surface area contributed by atoms with Crippen molar-refractivity contribution in [2.24, 2.45) is 0 Å². The smallest absolute Gasteiger partial charge is 0.277 e. The number of para-hydroxylation sites is 2. The Bertz CT molecular complexity index is 976. The molecule has 0 fully saturated rings. The van der Waals surface area contributed by atoms with Gasteiger partial charge in [-0.15, -0.1) is 10.2 Å². The summed E-state index contributed by atoms with van der Waals surface area (Å²) in [5.41, 5.74) is 0.691. The van der Waals surface area contributed by atoms with Gasteiger partial charge in [0.1, 0.15) is 12.4 Å². The van der Waals surface area contributed by atoms with Gasteiger partial charge in [0.2, 0.25) is 12.0 Å². The normalized spacial score (nSPS) is 15.0. The van der Waals surface area contributed by atoms with Gasteiger partial charge in [0.25, 0.3) is 11.1 Å². The molecule has 0 spiro atoms. The maximum atomic E-state index is 12.1. The second-order valence-corrected chi connectivity index (χ2v) is 6.99. The number of ether oxygens (including phenoxy) is 3. The highest BCUT2D eigenvalue weighted by Gasteiger charge is 2.27. The van der Waals surface area contributed by atoms with Crippen LogP contribution in [0.15, 0.2) is 58.2 Å². The molecule has 1 amide bonds. The number of benzene rings is 2. The van der Waals surface area contributed by atoms with Crippen LogP contribution in [0.3, 0.4) is 0 Å². The van der Waals surface area contributed by atoms with Crippen molar-refractivity contribution in [1.29, 1.82) is 0 Å². The van der Waals surface area contributed by atoms with Crippen LogP contribution in [0.5, 0.6) is 17.2 Å². The number of fused-ring (bicyclic) bond motifs is 1. The second-order valence-electron chi connectivity index (χ2n) is 6.06. The Balaban J connectivity index is 1.29. The lowest BCUT2D eigenvalue weighted by molar-refractivity contribution is -0.113. The Morgan fingerprint density at radius 2 is 1.97 bits per heavy atom. The van der Waals surface area contributed by atoms with Crippen LogP contribution in [0.25, 0.3) is 0 Å². The van der Waals surface area contributed by atoms with Crippen LogP contribution in [0.1, 0.15) is 18.9 Å². The van der Waals surface area contributed by atoms with Gasteiger partial charge in [-0.1, -0.05) is 23.9 Å². The molecular formula is C20H19N3O5S. The van der Waals surface area contributed by atoms with E-state index in [9.17, 15) is 4.79 Å². The van der Waals surface area contributed by atoms with E-state index < -0.39 is 6.10 Å². The Morgan fingerprint density at radius 1 is 1.17 bits per heavy atom. The first kappa shape index (κ1) is 19.1. The predicted molar refractivity (Wildman–Crippen MR) is 107 cm³/mol. The first-order valence-electron chi connectivity index (χ1n) is 9.08. The minimum atomic E-state index is -0.482. The van der Waals surface area contributed by atoms with E-state index in [-0.39, 0.29) is 18.3 Å². The van der Waals surface area contributed by atoms with Crippen LogP contribution in [-0.2, 0) is 4.79 Å². The van der Waals surface area contributed by atoms with Crippen LogP contribution >= 0.6 is 11.8 Å². The monoisotopic (exact) mass is 413 g/mol. The van der Waals surface area contributed by atoms with Crippen molar-refractivity contribution in [3.63, 3.8) is 0 Å². The maximum absolute atomic E-state index is 12.1. The summed E-state index contributed by atoms with van der Waals surface area (Å²) in [6, 6.07) is 14.6. The predicted octanol–water partition coefficient (Wildman–Crippen LogP) is 3.71. The largest absolute Gasteiger partial charge is 0.494 e. The molecular weight excluding hydrogens is 394 g/mol. The molecule has 3 aromatic rings. The highest BCUT2D eigenvalue weighted by molar-refractivity contribution is 7.99. The average Bonchev–Trinajstić information content (AvgIpc) is 3.23. The van der Waals surface area contributed by atoms with Gasteiger partial charge in [0, 0.05) is 5.69 Å². The minimum Gasteiger partial charge on any atom is -0.494 e. The molecule has 8 nitrogen and oxygen atoms in total. The second kappa shape index (κ2) is 8.87. The van der Waals surface area contributed by atoms with Crippen molar-refractivity contribution in [3.05, 3.63) is 54.4 Å². The van der Waals surface area contributed by atoms with Gasteiger partial charge >= 0.3 is 0 Å². The fraction of sp³-hybridized carbons (Fsp3) is 0.250. The lowest BCUT2D eigenvalue weighted by Gasteiger charge is -2.23. The van der Waals surface area contributed by atoms with Gasteiger partial charge in [-0.05, 0) is 43.3 Å². The van der Waals surface area contributed by atoms with Gasteiger partial charge in [-0.3, -0.25) is 4.79 Å². The molecule has 0 unspecified atom stereocenters. The molecule has 0 bridgehead atoms. The zero-order valence-electron chi connectivity index (χ0n) is 15.7. The summed E-state index contributed by atoms with van der Waals surface area (Å²) in [4.78, 5) is 12.1. The topological polar surface area (TPSA) is 95.7 Å². The zero-order valence-corrected chi connectivity index (χ0v) is 16.5. The van der Waals surface area contributed by atoms with Gasteiger partial charge in [0.15, 0.2) is 11.5 Å². The fourth-order valence-electron chi connectivity index (χ4n) is 2.68. The highest BCUT2D eigenvalue weighted by atomic mass is 32.2. The summed E-state index contributed by atoms with van der Waals surface area (Å²) < 4.78 is 22.5. The van der Waals surface area contributed by atoms with Crippen LogP contribution in [-0.4, -0.2) is 35.1 Å². The van der Waals surface area contributed by atoms with Crippen LogP contribution < -0.4 is 19.5 Å². The quantitative estimate of drug-likeness (QED) is 0.586. The number of hydrogen-bond donors (Lipinski definition) is 1. The number of nitrogens with zero attached hydrogens (tertiary/aromatic N) is 2. The first-order chi connectivity index (χ1) is 14.2. The molecule has 0 aliphatic carbocycles. The summed E-state index contributed by atoms with van der Waals surface area (Å²) in [5, 5.41) is 11.1. The van der Waals surface area contributed by atoms with Gasteiger partial charge < -0.3 is 23.9 Å². The van der Waals surface area contributed by atoms with Crippen molar-refractivity contribution < 1.29 is 23.4 Å². The summed E-state index contributed by atoms with van der Waals surface area (Å²) in [5.74, 6) is 2.35. The van der Waals surface area contributed by atoms with Crippen molar-refractivity contribution in [3.8, 4) is 17.2 Å². The number of thioether (sulfide) groups is 1. The molecule has 4 rings (SSSR count). The molecule has 0 saturated heterocycles. The molecule has 1 aliphatic rings. The third-order valence-electron chi connectivity index (χ3n) is 3.98. The number of carbonyl (C=O) groups is 1. The Kier molecular flexibility index (Phi) is 5.85. The van der Waals surface area contributed by atoms with Crippen molar-refractivity contribution >= 4 is 23.4 Å². The zero-order chi connectivity index (χ0) is 20.1. The van der Waals surface area contributed by atoms with Crippen LogP contribution in [0.4, 0.5) is 5.69 Å². The molecule has 0 saturated carbocycles.